The van der Waals surface area contributed by atoms with E-state index in [2.05, 4.69) is 143 Å². The molecular formula is C39H44B2S. The van der Waals surface area contributed by atoms with Gasteiger partial charge in [0.05, 0.1) is 0 Å². The second-order valence-corrected chi connectivity index (χ2v) is 14.0. The molecule has 0 radical (unpaired) electrons. The van der Waals surface area contributed by atoms with Gasteiger partial charge in [0.15, 0.2) is 0 Å². The largest absolute Gasteiger partial charge is 0.254 e. The smallest absolute Gasteiger partial charge is 0.163 e. The van der Waals surface area contributed by atoms with Crippen molar-refractivity contribution in [3.63, 3.8) is 0 Å². The summed E-state index contributed by atoms with van der Waals surface area (Å²) in [6.07, 6.45) is 0. The second-order valence-electron chi connectivity index (χ2n) is 12.8. The molecule has 1 heterocycles. The number of hydrogen-bond donors (Lipinski definition) is 0. The predicted octanol–water partition coefficient (Wildman–Crippen LogP) is 6.17. The molecule has 4 aromatic carbocycles. The number of thiophene rings is 1. The fraction of sp³-hybridized carbons (Fsp3) is 0.282. The lowest BCUT2D eigenvalue weighted by Gasteiger charge is -2.24. The number of benzene rings is 4. The molecule has 0 atom stereocenters. The highest BCUT2D eigenvalue weighted by Gasteiger charge is 2.33. The first-order valence-corrected chi connectivity index (χ1v) is 16.1. The fourth-order valence-electron chi connectivity index (χ4n) is 7.76. The average molecular weight is 566 g/mol. The quantitative estimate of drug-likeness (QED) is 0.216. The number of hydrogen-bond acceptors (Lipinski definition) is 1. The van der Waals surface area contributed by atoms with E-state index in [9.17, 15) is 0 Å². The highest BCUT2D eigenvalue weighted by molar-refractivity contribution is 7.36. The Kier molecular flexibility index (Phi) is 8.46. The zero-order valence-electron chi connectivity index (χ0n) is 27.4. The van der Waals surface area contributed by atoms with Gasteiger partial charge in [-0.15, -0.1) is 0 Å². The van der Waals surface area contributed by atoms with Crippen LogP contribution in [-0.2, 0) is 0 Å². The van der Waals surface area contributed by atoms with Gasteiger partial charge in [0.1, 0.15) is 0 Å². The van der Waals surface area contributed by atoms with Crippen LogP contribution in [-0.4, -0.2) is 13.4 Å². The monoisotopic (exact) mass is 566 g/mol. The topological polar surface area (TPSA) is 0 Å². The number of rotatable bonds is 6. The van der Waals surface area contributed by atoms with E-state index in [1.165, 1.54) is 92.6 Å². The van der Waals surface area contributed by atoms with Crippen molar-refractivity contribution >= 4 is 56.2 Å². The minimum atomic E-state index is 0.198. The maximum Gasteiger partial charge on any atom is 0.254 e. The van der Waals surface area contributed by atoms with E-state index in [1.54, 1.807) is 0 Å². The Morgan fingerprint density at radius 1 is 0.357 bits per heavy atom. The summed E-state index contributed by atoms with van der Waals surface area (Å²) in [4.78, 5) is 0. The summed E-state index contributed by atoms with van der Waals surface area (Å²) < 4.78 is 2.85. The maximum absolute atomic E-state index is 2.43. The Morgan fingerprint density at radius 2 is 0.619 bits per heavy atom. The molecule has 0 aliphatic heterocycles. The van der Waals surface area contributed by atoms with Crippen LogP contribution in [0.2, 0.25) is 0 Å². The van der Waals surface area contributed by atoms with Crippen LogP contribution in [0.3, 0.4) is 0 Å². The lowest BCUT2D eigenvalue weighted by Crippen LogP contribution is -2.56. The van der Waals surface area contributed by atoms with E-state index in [-0.39, 0.29) is 13.4 Å². The predicted molar refractivity (Wildman–Crippen MR) is 192 cm³/mol. The summed E-state index contributed by atoms with van der Waals surface area (Å²) in [6, 6.07) is 25.8. The molecule has 0 bridgehead atoms. The lowest BCUT2D eigenvalue weighted by molar-refractivity contribution is 1.34. The maximum atomic E-state index is 2.43. The summed E-state index contributed by atoms with van der Waals surface area (Å²) >= 11 is 2.01. The summed E-state index contributed by atoms with van der Waals surface area (Å²) in [7, 11) is 0. The molecule has 5 aromatic rings. The summed E-state index contributed by atoms with van der Waals surface area (Å²) in [5, 5.41) is 0. The van der Waals surface area contributed by atoms with E-state index >= 15 is 0 Å². The number of aryl methyl sites for hydroxylation is 11. The molecule has 0 unspecified atom stereocenters. The summed E-state index contributed by atoms with van der Waals surface area (Å²) in [6.45, 7) is 25.4. The molecule has 1 aromatic heterocycles. The van der Waals surface area contributed by atoms with Crippen molar-refractivity contribution < 1.29 is 0 Å². The highest BCUT2D eigenvalue weighted by atomic mass is 32.1. The van der Waals surface area contributed by atoms with Crippen molar-refractivity contribution in [3.8, 4) is 0 Å². The van der Waals surface area contributed by atoms with E-state index in [0.717, 1.165) is 0 Å². The first-order valence-electron chi connectivity index (χ1n) is 15.3. The Morgan fingerprint density at radius 3 is 0.905 bits per heavy atom. The van der Waals surface area contributed by atoms with Gasteiger partial charge in [-0.2, -0.15) is 11.3 Å². The van der Waals surface area contributed by atoms with E-state index < -0.39 is 0 Å². The van der Waals surface area contributed by atoms with Gasteiger partial charge in [-0.05, 0) is 85.7 Å². The van der Waals surface area contributed by atoms with E-state index in [4.69, 9.17) is 0 Å². The molecule has 212 valence electrons. The Bertz CT molecular complexity index is 1660. The Hall–Kier alpha value is -3.29. The van der Waals surface area contributed by atoms with Gasteiger partial charge in [-0.3, -0.25) is 0 Å². The highest BCUT2D eigenvalue weighted by Crippen LogP contribution is 2.16. The molecule has 0 aliphatic rings. The molecular weight excluding hydrogens is 522 g/mol. The molecule has 0 saturated heterocycles. The second kappa shape index (κ2) is 11.8. The molecule has 0 spiro atoms. The van der Waals surface area contributed by atoms with Gasteiger partial charge in [0.25, 0.3) is 13.4 Å². The summed E-state index contributed by atoms with van der Waals surface area (Å²) in [5.41, 5.74) is 20.8. The van der Waals surface area contributed by atoms with Crippen molar-refractivity contribution in [2.24, 2.45) is 0 Å². The van der Waals surface area contributed by atoms with Crippen molar-refractivity contribution in [1.29, 1.82) is 0 Å². The van der Waals surface area contributed by atoms with Crippen LogP contribution < -0.4 is 31.4 Å². The van der Waals surface area contributed by atoms with Crippen LogP contribution in [0.25, 0.3) is 0 Å². The fourth-order valence-corrected chi connectivity index (χ4v) is 9.01. The zero-order chi connectivity index (χ0) is 30.5. The van der Waals surface area contributed by atoms with Crippen molar-refractivity contribution in [2.75, 3.05) is 0 Å². The van der Waals surface area contributed by atoms with Gasteiger partial charge in [-0.25, -0.2) is 0 Å². The van der Waals surface area contributed by atoms with Crippen molar-refractivity contribution in [3.05, 3.63) is 128 Å². The van der Waals surface area contributed by atoms with Crippen molar-refractivity contribution in [2.45, 2.75) is 76.2 Å². The van der Waals surface area contributed by atoms with Crippen LogP contribution in [0, 0.1) is 76.2 Å². The van der Waals surface area contributed by atoms with Crippen LogP contribution in [0.4, 0.5) is 0 Å². The normalized spacial score (nSPS) is 11.2. The van der Waals surface area contributed by atoms with Crippen LogP contribution in [0.5, 0.6) is 0 Å². The molecule has 0 N–H and O–H groups in total. The average Bonchev–Trinajstić information content (AvgIpc) is 3.34. The van der Waals surface area contributed by atoms with Gasteiger partial charge in [-0.1, -0.05) is 150 Å². The molecule has 42 heavy (non-hydrogen) atoms. The van der Waals surface area contributed by atoms with Gasteiger partial charge >= 0.3 is 0 Å². The summed E-state index contributed by atoms with van der Waals surface area (Å²) in [5.74, 6) is 0. The molecule has 0 fully saturated rings. The third-order valence-corrected chi connectivity index (χ3v) is 10.3. The van der Waals surface area contributed by atoms with Gasteiger partial charge < -0.3 is 0 Å². The standard InChI is InChI=1S/C39H44B2S/c1-23-17-28(6)37(29(7)18-23)40(36-26(4)13-12-14-27(36)5)34-15-16-35(42-34)41(38-30(8)19-24(2)20-31(38)9)39-32(10)21-25(3)22-33(39)11/h12-22H,1-11H3. The third-order valence-electron chi connectivity index (χ3n) is 9.13. The van der Waals surface area contributed by atoms with E-state index in [0.29, 0.717) is 0 Å². The molecule has 0 saturated carbocycles. The van der Waals surface area contributed by atoms with Gasteiger partial charge in [0.2, 0.25) is 0 Å². The Labute approximate surface area is 259 Å². The molecule has 0 nitrogen and oxygen atoms in total. The van der Waals surface area contributed by atoms with Crippen LogP contribution in [0.1, 0.15) is 61.2 Å². The first-order chi connectivity index (χ1) is 19.9. The molecule has 3 heteroatoms. The third kappa shape index (κ3) is 5.57. The van der Waals surface area contributed by atoms with E-state index in [1.807, 2.05) is 11.3 Å². The van der Waals surface area contributed by atoms with Crippen LogP contribution >= 0.6 is 11.3 Å². The molecule has 5 rings (SSSR count). The van der Waals surface area contributed by atoms with Crippen molar-refractivity contribution in [1.82, 2.24) is 0 Å². The molecule has 0 aliphatic carbocycles. The lowest BCUT2D eigenvalue weighted by atomic mass is 9.36. The minimum absolute atomic E-state index is 0.198. The SMILES string of the molecule is Cc1cc(C)c(B(c2ccc(B(c3c(C)cc(C)cc3C)c3c(C)cc(C)cc3C)s2)c2c(C)cccc2C)c(C)c1. The molecule has 0 amide bonds. The van der Waals surface area contributed by atoms with Gasteiger partial charge in [0, 0.05) is 0 Å². The zero-order valence-corrected chi connectivity index (χ0v) is 28.2. The minimum Gasteiger partial charge on any atom is -0.163 e. The Balaban J connectivity index is 1.80. The van der Waals surface area contributed by atoms with Crippen LogP contribution in [0.15, 0.2) is 66.7 Å². The first kappa shape index (κ1) is 30.2.